The molecule has 0 radical (unpaired) electrons. The summed E-state index contributed by atoms with van der Waals surface area (Å²) in [6, 6.07) is 7.34. The Morgan fingerprint density at radius 3 is 2.47 bits per heavy atom. The van der Waals surface area contributed by atoms with Crippen molar-refractivity contribution < 1.29 is 8.42 Å². The van der Waals surface area contributed by atoms with E-state index in [1.54, 1.807) is 32.0 Å². The maximum Gasteiger partial charge on any atom is 0.242 e. The Morgan fingerprint density at radius 2 is 1.89 bits per heavy atom. The van der Waals surface area contributed by atoms with E-state index in [0.29, 0.717) is 10.6 Å². The third-order valence-electron chi connectivity index (χ3n) is 3.10. The van der Waals surface area contributed by atoms with Crippen LogP contribution >= 0.6 is 0 Å². The van der Waals surface area contributed by atoms with Crippen LogP contribution in [-0.4, -0.2) is 26.5 Å². The number of anilines is 1. The lowest BCUT2D eigenvalue weighted by molar-refractivity contribution is 0.373. The highest BCUT2D eigenvalue weighted by atomic mass is 32.2. The maximum absolute atomic E-state index is 12.2. The number of hydrogen-bond acceptors (Lipinski definition) is 4. The second kappa shape index (κ2) is 5.48. The second-order valence-corrected chi connectivity index (χ2v) is 7.03. The fourth-order valence-corrected chi connectivity index (χ4v) is 3.62. The molecule has 1 aliphatic rings. The molecule has 1 fully saturated rings. The standard InChI is InChI=1S/C13H21N3O2S/c1-9(2)16-19(17,18)13-6-4-3-5-12(13)15-11-7-10(14)8-11/h3-6,9-11,15-16H,7-8,14H2,1-2H3. The number of nitrogens with two attached hydrogens (primary N) is 1. The van der Waals surface area contributed by atoms with Gasteiger partial charge in [-0.1, -0.05) is 12.1 Å². The lowest BCUT2D eigenvalue weighted by atomic mass is 9.87. The second-order valence-electron chi connectivity index (χ2n) is 5.34. The minimum absolute atomic E-state index is 0.129. The van der Waals surface area contributed by atoms with E-state index in [9.17, 15) is 8.42 Å². The molecule has 6 heteroatoms. The average molecular weight is 283 g/mol. The van der Waals surface area contributed by atoms with Gasteiger partial charge in [0, 0.05) is 18.1 Å². The Bertz CT molecular complexity index is 537. The first kappa shape index (κ1) is 14.3. The van der Waals surface area contributed by atoms with Crippen molar-refractivity contribution in [1.29, 1.82) is 0 Å². The molecule has 0 bridgehead atoms. The van der Waals surface area contributed by atoms with Crippen molar-refractivity contribution in [2.24, 2.45) is 5.73 Å². The quantitative estimate of drug-likeness (QED) is 0.760. The first-order valence-electron chi connectivity index (χ1n) is 6.52. The summed E-state index contributed by atoms with van der Waals surface area (Å²) < 4.78 is 27.1. The van der Waals surface area contributed by atoms with Gasteiger partial charge in [-0.2, -0.15) is 0 Å². The molecule has 0 saturated heterocycles. The topological polar surface area (TPSA) is 84.2 Å². The van der Waals surface area contributed by atoms with Gasteiger partial charge >= 0.3 is 0 Å². The SMILES string of the molecule is CC(C)NS(=O)(=O)c1ccccc1NC1CC(N)C1. The Kier molecular flexibility index (Phi) is 4.13. The summed E-state index contributed by atoms with van der Waals surface area (Å²) in [7, 11) is -3.48. The van der Waals surface area contributed by atoms with Gasteiger partial charge in [-0.25, -0.2) is 13.1 Å². The molecule has 0 aromatic heterocycles. The van der Waals surface area contributed by atoms with Gasteiger partial charge < -0.3 is 11.1 Å². The largest absolute Gasteiger partial charge is 0.381 e. The van der Waals surface area contributed by atoms with Crippen LogP contribution in [0, 0.1) is 0 Å². The van der Waals surface area contributed by atoms with Crippen LogP contribution in [0.25, 0.3) is 0 Å². The lowest BCUT2D eigenvalue weighted by Gasteiger charge is -2.34. The molecule has 0 unspecified atom stereocenters. The van der Waals surface area contributed by atoms with Crippen LogP contribution in [0.5, 0.6) is 0 Å². The van der Waals surface area contributed by atoms with Crippen LogP contribution < -0.4 is 15.8 Å². The summed E-state index contributed by atoms with van der Waals surface area (Å²) in [6.07, 6.45) is 1.76. The van der Waals surface area contributed by atoms with Gasteiger partial charge in [-0.05, 0) is 38.8 Å². The van der Waals surface area contributed by atoms with Crippen LogP contribution in [0.2, 0.25) is 0 Å². The highest BCUT2D eigenvalue weighted by Crippen LogP contribution is 2.27. The minimum Gasteiger partial charge on any atom is -0.381 e. The number of hydrogen-bond donors (Lipinski definition) is 3. The predicted octanol–water partition coefficient (Wildman–Crippen LogP) is 1.27. The highest BCUT2D eigenvalue weighted by Gasteiger charge is 2.27. The van der Waals surface area contributed by atoms with Crippen LogP contribution in [0.4, 0.5) is 5.69 Å². The van der Waals surface area contributed by atoms with Crippen LogP contribution in [0.1, 0.15) is 26.7 Å². The van der Waals surface area contributed by atoms with Crippen LogP contribution in [-0.2, 0) is 10.0 Å². The third-order valence-corrected chi connectivity index (χ3v) is 4.82. The molecule has 0 amide bonds. The van der Waals surface area contributed by atoms with Gasteiger partial charge in [0.05, 0.1) is 5.69 Å². The monoisotopic (exact) mass is 283 g/mol. The van der Waals surface area contributed by atoms with Gasteiger partial charge in [-0.15, -0.1) is 0 Å². The van der Waals surface area contributed by atoms with Crippen LogP contribution in [0.3, 0.4) is 0 Å². The van der Waals surface area contributed by atoms with E-state index in [-0.39, 0.29) is 18.1 Å². The Balaban J connectivity index is 2.21. The summed E-state index contributed by atoms with van der Waals surface area (Å²) in [5.74, 6) is 0. The molecule has 1 aromatic rings. The zero-order valence-electron chi connectivity index (χ0n) is 11.3. The molecule has 1 saturated carbocycles. The van der Waals surface area contributed by atoms with Crippen molar-refractivity contribution in [1.82, 2.24) is 4.72 Å². The van der Waals surface area contributed by atoms with Gasteiger partial charge in [-0.3, -0.25) is 0 Å². The van der Waals surface area contributed by atoms with Crippen LogP contribution in [0.15, 0.2) is 29.2 Å². The van der Waals surface area contributed by atoms with Crippen molar-refractivity contribution >= 4 is 15.7 Å². The zero-order valence-corrected chi connectivity index (χ0v) is 12.1. The summed E-state index contributed by atoms with van der Waals surface area (Å²) >= 11 is 0. The van der Waals surface area contributed by atoms with Gasteiger partial charge in [0.15, 0.2) is 0 Å². The maximum atomic E-state index is 12.2. The van der Waals surface area contributed by atoms with E-state index in [4.69, 9.17) is 5.73 Å². The molecule has 4 N–H and O–H groups in total. The van der Waals surface area contributed by atoms with Gasteiger partial charge in [0.1, 0.15) is 4.90 Å². The summed E-state index contributed by atoms with van der Waals surface area (Å²) in [5, 5.41) is 3.26. The lowest BCUT2D eigenvalue weighted by Crippen LogP contribution is -2.44. The molecule has 5 nitrogen and oxygen atoms in total. The highest BCUT2D eigenvalue weighted by molar-refractivity contribution is 7.89. The van der Waals surface area contributed by atoms with Crippen molar-refractivity contribution in [2.45, 2.75) is 49.7 Å². The molecule has 1 aromatic carbocycles. The van der Waals surface area contributed by atoms with E-state index < -0.39 is 10.0 Å². The minimum atomic E-state index is -3.48. The number of nitrogens with one attached hydrogen (secondary N) is 2. The van der Waals surface area contributed by atoms with E-state index in [1.807, 2.05) is 6.07 Å². The first-order chi connectivity index (χ1) is 8.88. The van der Waals surface area contributed by atoms with E-state index >= 15 is 0 Å². The van der Waals surface area contributed by atoms with Gasteiger partial charge in [0.25, 0.3) is 0 Å². The number of rotatable bonds is 5. The molecular formula is C13H21N3O2S. The normalized spacial score (nSPS) is 23.2. The summed E-state index contributed by atoms with van der Waals surface area (Å²) in [6.45, 7) is 3.61. The van der Waals surface area contributed by atoms with E-state index in [2.05, 4.69) is 10.0 Å². The summed E-state index contributed by atoms with van der Waals surface area (Å²) in [5.41, 5.74) is 6.39. The molecule has 0 spiro atoms. The van der Waals surface area contributed by atoms with Crippen molar-refractivity contribution in [3.63, 3.8) is 0 Å². The third kappa shape index (κ3) is 3.46. The predicted molar refractivity (Wildman–Crippen MR) is 76.5 cm³/mol. The molecule has 0 heterocycles. The molecule has 2 rings (SSSR count). The van der Waals surface area contributed by atoms with E-state index in [0.717, 1.165) is 12.8 Å². The fourth-order valence-electron chi connectivity index (χ4n) is 2.19. The molecule has 1 aliphatic carbocycles. The van der Waals surface area contributed by atoms with Crippen molar-refractivity contribution in [2.75, 3.05) is 5.32 Å². The van der Waals surface area contributed by atoms with Gasteiger partial charge in [0.2, 0.25) is 10.0 Å². The number of sulfonamides is 1. The molecule has 0 atom stereocenters. The zero-order chi connectivity index (χ0) is 14.0. The Morgan fingerprint density at radius 1 is 1.26 bits per heavy atom. The van der Waals surface area contributed by atoms with E-state index in [1.165, 1.54) is 0 Å². The summed E-state index contributed by atoms with van der Waals surface area (Å²) in [4.78, 5) is 0.296. The fraction of sp³-hybridized carbons (Fsp3) is 0.538. The number of benzene rings is 1. The molecule has 0 aliphatic heterocycles. The Hall–Kier alpha value is -1.11. The average Bonchev–Trinajstić information content (AvgIpc) is 2.25. The smallest absolute Gasteiger partial charge is 0.242 e. The first-order valence-corrected chi connectivity index (χ1v) is 8.00. The number of para-hydroxylation sites is 1. The molecule has 106 valence electrons. The van der Waals surface area contributed by atoms with Crippen molar-refractivity contribution in [3.05, 3.63) is 24.3 Å². The molecule has 19 heavy (non-hydrogen) atoms. The Labute approximate surface area is 114 Å². The molecular weight excluding hydrogens is 262 g/mol. The van der Waals surface area contributed by atoms with Crippen molar-refractivity contribution in [3.8, 4) is 0 Å².